The van der Waals surface area contributed by atoms with E-state index in [0.717, 1.165) is 44.8 Å². The van der Waals surface area contributed by atoms with Crippen molar-refractivity contribution in [2.24, 2.45) is 5.92 Å². The van der Waals surface area contributed by atoms with Gasteiger partial charge in [-0.05, 0) is 55.3 Å². The number of piperidine rings is 1. The Balaban J connectivity index is 1.39. The molecule has 3 rings (SSSR count). The number of rotatable bonds is 9. The minimum Gasteiger partial charge on any atom is -0.496 e. The van der Waals surface area contributed by atoms with Crippen molar-refractivity contribution in [2.75, 3.05) is 46.9 Å². The van der Waals surface area contributed by atoms with Gasteiger partial charge < -0.3 is 19.9 Å². The van der Waals surface area contributed by atoms with Crippen molar-refractivity contribution in [2.45, 2.75) is 25.7 Å². The summed E-state index contributed by atoms with van der Waals surface area (Å²) in [6, 6.07) is 18.6. The lowest BCUT2D eigenvalue weighted by molar-refractivity contribution is 0.146. The molecule has 1 aliphatic heterocycles. The molecule has 5 heteroatoms. The standard InChI is InChI=1S/C25H35N3O2/c1-27(25(29)26-16-14-21-9-4-3-5-10-21)19-22-11-8-17-28(20-22)18-15-23-12-6-7-13-24(23)30-2/h3-7,9-10,12-13,22H,8,11,14-20H2,1-2H3,(H,26,29)/t22-/m1/s1. The molecular formula is C25H35N3O2. The molecule has 1 saturated heterocycles. The van der Waals surface area contributed by atoms with E-state index < -0.39 is 0 Å². The van der Waals surface area contributed by atoms with Gasteiger partial charge in [-0.25, -0.2) is 4.79 Å². The monoisotopic (exact) mass is 409 g/mol. The Morgan fingerprint density at radius 2 is 1.90 bits per heavy atom. The Hall–Kier alpha value is -2.53. The molecule has 0 unspecified atom stereocenters. The van der Waals surface area contributed by atoms with Gasteiger partial charge in [-0.2, -0.15) is 0 Å². The van der Waals surface area contributed by atoms with Gasteiger partial charge in [0, 0.05) is 33.2 Å². The Kier molecular flexibility index (Phi) is 8.57. The summed E-state index contributed by atoms with van der Waals surface area (Å²) in [6.45, 7) is 4.70. The third-order valence-corrected chi connectivity index (χ3v) is 5.90. The van der Waals surface area contributed by atoms with Crippen LogP contribution in [0.4, 0.5) is 4.79 Å². The average Bonchev–Trinajstić information content (AvgIpc) is 2.78. The summed E-state index contributed by atoms with van der Waals surface area (Å²) in [4.78, 5) is 16.8. The lowest BCUT2D eigenvalue weighted by Gasteiger charge is -2.34. The van der Waals surface area contributed by atoms with Gasteiger partial charge in [-0.3, -0.25) is 0 Å². The van der Waals surface area contributed by atoms with Crippen molar-refractivity contribution in [1.82, 2.24) is 15.1 Å². The highest BCUT2D eigenvalue weighted by atomic mass is 16.5. The van der Waals surface area contributed by atoms with Gasteiger partial charge >= 0.3 is 6.03 Å². The van der Waals surface area contributed by atoms with Gasteiger partial charge in [-0.1, -0.05) is 48.5 Å². The predicted molar refractivity (Wildman–Crippen MR) is 122 cm³/mol. The van der Waals surface area contributed by atoms with E-state index in [1.165, 1.54) is 24.0 Å². The van der Waals surface area contributed by atoms with Crippen molar-refractivity contribution in [3.8, 4) is 5.75 Å². The topological polar surface area (TPSA) is 44.8 Å². The number of urea groups is 1. The van der Waals surface area contributed by atoms with Crippen LogP contribution in [-0.4, -0.2) is 62.7 Å². The molecule has 30 heavy (non-hydrogen) atoms. The van der Waals surface area contributed by atoms with Crippen LogP contribution < -0.4 is 10.1 Å². The van der Waals surface area contributed by atoms with Crippen LogP contribution in [0.15, 0.2) is 54.6 Å². The zero-order valence-corrected chi connectivity index (χ0v) is 18.3. The van der Waals surface area contributed by atoms with E-state index in [9.17, 15) is 4.79 Å². The predicted octanol–water partition coefficient (Wildman–Crippen LogP) is 3.83. The Bertz CT molecular complexity index is 781. The lowest BCUT2D eigenvalue weighted by atomic mass is 9.97. The fourth-order valence-electron chi connectivity index (χ4n) is 4.26. The van der Waals surface area contributed by atoms with Crippen molar-refractivity contribution in [1.29, 1.82) is 0 Å². The van der Waals surface area contributed by atoms with E-state index in [4.69, 9.17) is 4.74 Å². The maximum absolute atomic E-state index is 12.5. The molecule has 0 aromatic heterocycles. The molecule has 0 bridgehead atoms. The fourth-order valence-corrected chi connectivity index (χ4v) is 4.26. The first-order valence-corrected chi connectivity index (χ1v) is 11.0. The number of hydrogen-bond acceptors (Lipinski definition) is 3. The zero-order chi connectivity index (χ0) is 21.2. The van der Waals surface area contributed by atoms with Crippen molar-refractivity contribution >= 4 is 6.03 Å². The molecule has 2 amide bonds. The van der Waals surface area contributed by atoms with Crippen LogP contribution in [0.1, 0.15) is 24.0 Å². The second-order valence-corrected chi connectivity index (χ2v) is 8.22. The quantitative estimate of drug-likeness (QED) is 0.685. The molecule has 0 saturated carbocycles. The summed E-state index contributed by atoms with van der Waals surface area (Å²) < 4.78 is 5.48. The number of methoxy groups -OCH3 is 1. The maximum atomic E-state index is 12.5. The summed E-state index contributed by atoms with van der Waals surface area (Å²) in [6.07, 6.45) is 4.24. The van der Waals surface area contributed by atoms with Gasteiger partial charge in [0.1, 0.15) is 5.75 Å². The maximum Gasteiger partial charge on any atom is 0.317 e. The molecule has 0 aliphatic carbocycles. The summed E-state index contributed by atoms with van der Waals surface area (Å²) in [5.41, 5.74) is 2.51. The van der Waals surface area contributed by atoms with Gasteiger partial charge in [0.05, 0.1) is 7.11 Å². The zero-order valence-electron chi connectivity index (χ0n) is 18.3. The van der Waals surface area contributed by atoms with E-state index in [-0.39, 0.29) is 6.03 Å². The van der Waals surface area contributed by atoms with Crippen LogP contribution >= 0.6 is 0 Å². The normalized spacial score (nSPS) is 16.8. The summed E-state index contributed by atoms with van der Waals surface area (Å²) in [5.74, 6) is 1.50. The first-order chi connectivity index (χ1) is 14.7. The number of nitrogens with zero attached hydrogens (tertiary/aromatic N) is 2. The number of amides is 2. The molecule has 1 atom stereocenters. The van der Waals surface area contributed by atoms with Gasteiger partial charge in [0.25, 0.3) is 0 Å². The minimum absolute atomic E-state index is 0.0251. The molecule has 2 aromatic carbocycles. The second kappa shape index (κ2) is 11.6. The molecule has 2 aromatic rings. The third kappa shape index (κ3) is 6.77. The Morgan fingerprint density at radius 1 is 1.13 bits per heavy atom. The number of hydrogen-bond donors (Lipinski definition) is 1. The second-order valence-electron chi connectivity index (χ2n) is 8.22. The number of likely N-dealkylation sites (tertiary alicyclic amines) is 1. The van der Waals surface area contributed by atoms with Crippen molar-refractivity contribution in [3.63, 3.8) is 0 Å². The van der Waals surface area contributed by atoms with E-state index in [1.807, 2.05) is 42.3 Å². The minimum atomic E-state index is 0.0251. The Labute approximate surface area is 181 Å². The molecule has 5 nitrogen and oxygen atoms in total. The first-order valence-electron chi connectivity index (χ1n) is 11.0. The van der Waals surface area contributed by atoms with Gasteiger partial charge in [0.15, 0.2) is 0 Å². The number of carbonyl (C=O) groups is 1. The highest BCUT2D eigenvalue weighted by Gasteiger charge is 2.22. The van der Waals surface area contributed by atoms with Crippen LogP contribution in [0, 0.1) is 5.92 Å². The Morgan fingerprint density at radius 3 is 2.70 bits per heavy atom. The summed E-state index contributed by atoms with van der Waals surface area (Å²) >= 11 is 0. The van der Waals surface area contributed by atoms with E-state index in [1.54, 1.807) is 7.11 Å². The smallest absolute Gasteiger partial charge is 0.317 e. The lowest BCUT2D eigenvalue weighted by Crippen LogP contribution is -2.45. The molecule has 1 aliphatic rings. The van der Waals surface area contributed by atoms with Crippen molar-refractivity contribution in [3.05, 3.63) is 65.7 Å². The third-order valence-electron chi connectivity index (χ3n) is 5.90. The van der Waals surface area contributed by atoms with Crippen LogP contribution in [-0.2, 0) is 12.8 Å². The number of carbonyl (C=O) groups excluding carboxylic acids is 1. The number of benzene rings is 2. The molecule has 1 fully saturated rings. The van der Waals surface area contributed by atoms with Gasteiger partial charge in [0.2, 0.25) is 0 Å². The van der Waals surface area contributed by atoms with Crippen LogP contribution in [0.25, 0.3) is 0 Å². The first kappa shape index (κ1) is 22.2. The summed E-state index contributed by atoms with van der Waals surface area (Å²) in [5, 5.41) is 3.05. The fraction of sp³-hybridized carbons (Fsp3) is 0.480. The summed E-state index contributed by atoms with van der Waals surface area (Å²) in [7, 11) is 3.64. The molecule has 0 spiro atoms. The molecule has 1 heterocycles. The number of ether oxygens (including phenoxy) is 1. The average molecular weight is 410 g/mol. The van der Waals surface area contributed by atoms with Crippen LogP contribution in [0.2, 0.25) is 0 Å². The highest BCUT2D eigenvalue weighted by Crippen LogP contribution is 2.21. The number of nitrogens with one attached hydrogen (secondary N) is 1. The molecule has 0 radical (unpaired) electrons. The highest BCUT2D eigenvalue weighted by molar-refractivity contribution is 5.73. The van der Waals surface area contributed by atoms with E-state index in [0.29, 0.717) is 12.5 Å². The molecule has 162 valence electrons. The number of para-hydroxylation sites is 1. The molecular weight excluding hydrogens is 374 g/mol. The van der Waals surface area contributed by atoms with Crippen LogP contribution in [0.5, 0.6) is 5.75 Å². The SMILES string of the molecule is COc1ccccc1CCN1CCC[C@H](CN(C)C(=O)NCCc2ccccc2)C1. The van der Waals surface area contributed by atoms with Gasteiger partial charge in [-0.15, -0.1) is 0 Å². The van der Waals surface area contributed by atoms with Crippen molar-refractivity contribution < 1.29 is 9.53 Å². The van der Waals surface area contributed by atoms with E-state index in [2.05, 4.69) is 34.5 Å². The molecule has 1 N–H and O–H groups in total. The van der Waals surface area contributed by atoms with Crippen LogP contribution in [0.3, 0.4) is 0 Å². The largest absolute Gasteiger partial charge is 0.496 e. The van der Waals surface area contributed by atoms with E-state index >= 15 is 0 Å².